The molecule has 3 rings (SSSR count). The molecule has 0 radical (unpaired) electrons. The maximum absolute atomic E-state index is 4.66. The van der Waals surface area contributed by atoms with Crippen LogP contribution in [-0.4, -0.2) is 10.2 Å². The van der Waals surface area contributed by atoms with Crippen LogP contribution in [0.15, 0.2) is 52.9 Å². The molecule has 1 unspecified atom stereocenters. The summed E-state index contributed by atoms with van der Waals surface area (Å²) in [6, 6.07) is 8.33. The van der Waals surface area contributed by atoms with Crippen molar-refractivity contribution in [2.45, 2.75) is 16.5 Å². The van der Waals surface area contributed by atoms with Gasteiger partial charge in [0, 0.05) is 11.2 Å². The summed E-state index contributed by atoms with van der Waals surface area (Å²) in [6.45, 7) is 2.27. The molecule has 1 aromatic carbocycles. The number of thiazole rings is 1. The van der Waals surface area contributed by atoms with E-state index in [0.717, 1.165) is 5.52 Å². The first-order chi connectivity index (χ1) is 8.33. The second kappa shape index (κ2) is 4.67. The standard InChI is InChI=1S/C14H13NS2/c1-10(11-6-2-3-7-11)16-14-15-12-8-4-5-9-13(12)17-14/h2-11H,1H3. The highest BCUT2D eigenvalue weighted by molar-refractivity contribution is 8.01. The maximum Gasteiger partial charge on any atom is 0.151 e. The monoisotopic (exact) mass is 259 g/mol. The van der Waals surface area contributed by atoms with Gasteiger partial charge in [0.1, 0.15) is 0 Å². The van der Waals surface area contributed by atoms with Crippen LogP contribution in [0.4, 0.5) is 0 Å². The smallest absolute Gasteiger partial charge is 0.151 e. The number of para-hydroxylation sites is 1. The Morgan fingerprint density at radius 1 is 1.24 bits per heavy atom. The lowest BCUT2D eigenvalue weighted by molar-refractivity contribution is 0.804. The molecule has 3 heteroatoms. The van der Waals surface area contributed by atoms with Gasteiger partial charge in [0.15, 0.2) is 4.34 Å². The van der Waals surface area contributed by atoms with Crippen LogP contribution in [-0.2, 0) is 0 Å². The van der Waals surface area contributed by atoms with Crippen LogP contribution in [0.1, 0.15) is 6.92 Å². The van der Waals surface area contributed by atoms with Gasteiger partial charge in [0.05, 0.1) is 10.2 Å². The van der Waals surface area contributed by atoms with Crippen molar-refractivity contribution >= 4 is 33.3 Å². The molecule has 2 aromatic rings. The average molecular weight is 259 g/mol. The van der Waals surface area contributed by atoms with Gasteiger partial charge in [0.2, 0.25) is 0 Å². The van der Waals surface area contributed by atoms with Crippen LogP contribution in [0.3, 0.4) is 0 Å². The number of nitrogens with zero attached hydrogens (tertiary/aromatic N) is 1. The van der Waals surface area contributed by atoms with Crippen molar-refractivity contribution < 1.29 is 0 Å². The fourth-order valence-electron chi connectivity index (χ4n) is 1.90. The number of fused-ring (bicyclic) bond motifs is 1. The van der Waals surface area contributed by atoms with Crippen molar-refractivity contribution in [3.05, 3.63) is 48.6 Å². The fraction of sp³-hybridized carbons (Fsp3) is 0.214. The minimum absolute atomic E-state index is 0.547. The van der Waals surface area contributed by atoms with Crippen LogP contribution >= 0.6 is 23.1 Å². The lowest BCUT2D eigenvalue weighted by atomic mass is 10.1. The van der Waals surface area contributed by atoms with Crippen molar-refractivity contribution in [3.63, 3.8) is 0 Å². The molecular weight excluding hydrogens is 246 g/mol. The van der Waals surface area contributed by atoms with Gasteiger partial charge >= 0.3 is 0 Å². The summed E-state index contributed by atoms with van der Waals surface area (Å²) in [6.07, 6.45) is 8.76. The molecule has 1 aromatic heterocycles. The molecule has 1 atom stereocenters. The van der Waals surface area contributed by atoms with Gasteiger partial charge in [-0.25, -0.2) is 4.98 Å². The number of rotatable bonds is 3. The molecular formula is C14H13NS2. The molecule has 17 heavy (non-hydrogen) atoms. The van der Waals surface area contributed by atoms with Gasteiger partial charge in [-0.15, -0.1) is 11.3 Å². The normalized spacial score (nSPS) is 17.0. The van der Waals surface area contributed by atoms with E-state index >= 15 is 0 Å². The Morgan fingerprint density at radius 2 is 2.00 bits per heavy atom. The molecule has 1 nitrogen and oxygen atoms in total. The van der Waals surface area contributed by atoms with Crippen LogP contribution < -0.4 is 0 Å². The molecule has 0 saturated carbocycles. The fourth-order valence-corrected chi connectivity index (χ4v) is 4.32. The average Bonchev–Trinajstić information content (AvgIpc) is 2.97. The van der Waals surface area contributed by atoms with E-state index in [1.54, 1.807) is 11.3 Å². The molecule has 0 fully saturated rings. The topological polar surface area (TPSA) is 12.9 Å². The first-order valence-corrected chi connectivity index (χ1v) is 7.40. The predicted molar refractivity (Wildman–Crippen MR) is 76.7 cm³/mol. The van der Waals surface area contributed by atoms with Crippen LogP contribution in [0.25, 0.3) is 10.2 Å². The van der Waals surface area contributed by atoms with Gasteiger partial charge in [-0.1, -0.05) is 55.1 Å². The second-order valence-corrected chi connectivity index (χ2v) is 6.77. The van der Waals surface area contributed by atoms with Crippen molar-refractivity contribution in [3.8, 4) is 0 Å². The van der Waals surface area contributed by atoms with E-state index in [9.17, 15) is 0 Å². The third-order valence-electron chi connectivity index (χ3n) is 2.88. The predicted octanol–water partition coefficient (Wildman–Crippen LogP) is 4.52. The molecule has 0 aliphatic heterocycles. The SMILES string of the molecule is CC(Sc1nc2ccccc2s1)C1C=CC=C1. The highest BCUT2D eigenvalue weighted by Gasteiger charge is 2.16. The van der Waals surface area contributed by atoms with Crippen molar-refractivity contribution in [2.24, 2.45) is 5.92 Å². The third kappa shape index (κ3) is 2.31. The molecule has 86 valence electrons. The van der Waals surface area contributed by atoms with E-state index in [2.05, 4.69) is 54.4 Å². The van der Waals surface area contributed by atoms with Crippen LogP contribution in [0.2, 0.25) is 0 Å². The van der Waals surface area contributed by atoms with E-state index in [0.29, 0.717) is 11.2 Å². The Kier molecular flexibility index (Phi) is 3.04. The summed E-state index contributed by atoms with van der Waals surface area (Å²) in [5, 5.41) is 0.547. The van der Waals surface area contributed by atoms with Crippen molar-refractivity contribution in [2.75, 3.05) is 0 Å². The van der Waals surface area contributed by atoms with Crippen molar-refractivity contribution in [1.82, 2.24) is 4.98 Å². The van der Waals surface area contributed by atoms with E-state index in [4.69, 9.17) is 0 Å². The summed E-state index contributed by atoms with van der Waals surface area (Å²) < 4.78 is 2.45. The highest BCUT2D eigenvalue weighted by atomic mass is 32.2. The summed E-state index contributed by atoms with van der Waals surface area (Å²) in [5.74, 6) is 0.548. The number of allylic oxidation sites excluding steroid dienone is 4. The van der Waals surface area contributed by atoms with Crippen molar-refractivity contribution in [1.29, 1.82) is 0 Å². The van der Waals surface area contributed by atoms with Gasteiger partial charge < -0.3 is 0 Å². The number of benzene rings is 1. The van der Waals surface area contributed by atoms with Gasteiger partial charge in [-0.2, -0.15) is 0 Å². The molecule has 0 amide bonds. The van der Waals surface area contributed by atoms with Crippen LogP contribution in [0.5, 0.6) is 0 Å². The minimum atomic E-state index is 0.547. The Hall–Kier alpha value is -1.06. The first-order valence-electron chi connectivity index (χ1n) is 5.70. The lowest BCUT2D eigenvalue weighted by Crippen LogP contribution is -2.06. The number of thioether (sulfide) groups is 1. The number of hydrogen-bond donors (Lipinski definition) is 0. The Balaban J connectivity index is 1.80. The highest BCUT2D eigenvalue weighted by Crippen LogP contribution is 2.35. The Labute approximate surface area is 109 Å². The maximum atomic E-state index is 4.66. The van der Waals surface area contributed by atoms with Gasteiger partial charge in [-0.3, -0.25) is 0 Å². The zero-order valence-corrected chi connectivity index (χ0v) is 11.2. The van der Waals surface area contributed by atoms with E-state index in [1.165, 1.54) is 9.04 Å². The minimum Gasteiger partial charge on any atom is -0.230 e. The molecule has 1 aliphatic carbocycles. The first kappa shape index (κ1) is 11.1. The number of aromatic nitrogens is 1. The summed E-state index contributed by atoms with van der Waals surface area (Å²) >= 11 is 3.66. The van der Waals surface area contributed by atoms with Gasteiger partial charge in [0.25, 0.3) is 0 Å². The third-order valence-corrected chi connectivity index (χ3v) is 5.23. The molecule has 0 bridgehead atoms. The van der Waals surface area contributed by atoms with E-state index in [-0.39, 0.29) is 0 Å². The summed E-state index contributed by atoms with van der Waals surface area (Å²) in [5.41, 5.74) is 1.12. The Morgan fingerprint density at radius 3 is 2.76 bits per heavy atom. The molecule has 0 N–H and O–H groups in total. The molecule has 1 aliphatic rings. The lowest BCUT2D eigenvalue weighted by Gasteiger charge is -2.13. The number of hydrogen-bond acceptors (Lipinski definition) is 3. The van der Waals surface area contributed by atoms with E-state index < -0.39 is 0 Å². The van der Waals surface area contributed by atoms with Crippen LogP contribution in [0, 0.1) is 5.92 Å². The summed E-state index contributed by atoms with van der Waals surface area (Å²) in [7, 11) is 0. The molecule has 0 saturated heterocycles. The summed E-state index contributed by atoms with van der Waals surface area (Å²) in [4.78, 5) is 4.66. The quantitative estimate of drug-likeness (QED) is 0.752. The van der Waals surface area contributed by atoms with Gasteiger partial charge in [-0.05, 0) is 12.1 Å². The second-order valence-electron chi connectivity index (χ2n) is 4.12. The van der Waals surface area contributed by atoms with E-state index in [1.807, 2.05) is 17.8 Å². The zero-order valence-electron chi connectivity index (χ0n) is 9.54. The zero-order chi connectivity index (χ0) is 11.7. The molecule has 1 heterocycles. The Bertz CT molecular complexity index is 538. The molecule has 0 spiro atoms. The largest absolute Gasteiger partial charge is 0.230 e.